The van der Waals surface area contributed by atoms with Crippen molar-refractivity contribution in [3.05, 3.63) is 10.6 Å². The van der Waals surface area contributed by atoms with Crippen LogP contribution in [0.1, 0.15) is 17.5 Å². The van der Waals surface area contributed by atoms with Gasteiger partial charge in [-0.15, -0.1) is 23.7 Å². The van der Waals surface area contributed by atoms with E-state index in [-0.39, 0.29) is 24.9 Å². The van der Waals surface area contributed by atoms with Crippen LogP contribution in [-0.2, 0) is 16.0 Å². The molecule has 1 aromatic rings. The van der Waals surface area contributed by atoms with Gasteiger partial charge in [-0.25, -0.2) is 4.98 Å². The maximum atomic E-state index is 11.5. The topological polar surface area (TPSA) is 63.2 Å². The fraction of sp³-hybridized carbons (Fsp3) is 0.636. The zero-order chi connectivity index (χ0) is 12.7. The number of hydrogen-bond donors (Lipinski definition) is 2. The van der Waals surface area contributed by atoms with E-state index in [4.69, 9.17) is 4.74 Å². The molecule has 0 unspecified atom stereocenters. The van der Waals surface area contributed by atoms with Crippen LogP contribution < -0.4 is 10.6 Å². The second kappa shape index (κ2) is 9.27. The number of aromatic nitrogens is 1. The highest BCUT2D eigenvalue weighted by atomic mass is 35.5. The normalized spacial score (nSPS) is 9.94. The smallest absolute Gasteiger partial charge is 0.240 e. The number of methoxy groups -OCH3 is 1. The number of amides is 1. The van der Waals surface area contributed by atoms with Crippen molar-refractivity contribution in [2.75, 3.05) is 32.1 Å². The van der Waals surface area contributed by atoms with Crippen molar-refractivity contribution >= 4 is 34.8 Å². The van der Waals surface area contributed by atoms with E-state index in [2.05, 4.69) is 22.5 Å². The van der Waals surface area contributed by atoms with Crippen LogP contribution in [0.3, 0.4) is 0 Å². The first-order valence-corrected chi connectivity index (χ1v) is 6.44. The lowest BCUT2D eigenvalue weighted by molar-refractivity contribution is -0.115. The van der Waals surface area contributed by atoms with Crippen LogP contribution in [0.25, 0.3) is 0 Å². The Morgan fingerprint density at radius 1 is 1.50 bits per heavy atom. The predicted molar refractivity (Wildman–Crippen MR) is 76.9 cm³/mol. The van der Waals surface area contributed by atoms with Crippen LogP contribution in [0.15, 0.2) is 0 Å². The van der Waals surface area contributed by atoms with Gasteiger partial charge in [0.25, 0.3) is 0 Å². The Morgan fingerprint density at radius 2 is 2.22 bits per heavy atom. The van der Waals surface area contributed by atoms with E-state index in [9.17, 15) is 4.79 Å². The van der Waals surface area contributed by atoms with Crippen LogP contribution in [0.5, 0.6) is 0 Å². The van der Waals surface area contributed by atoms with Crippen molar-refractivity contribution in [1.29, 1.82) is 0 Å². The minimum absolute atomic E-state index is 0. The molecular weight excluding hydrogens is 274 g/mol. The van der Waals surface area contributed by atoms with E-state index in [1.54, 1.807) is 7.11 Å². The predicted octanol–water partition coefficient (Wildman–Crippen LogP) is 1.61. The van der Waals surface area contributed by atoms with Gasteiger partial charge in [0, 0.05) is 18.5 Å². The van der Waals surface area contributed by atoms with Gasteiger partial charge in [-0.3, -0.25) is 4.79 Å². The molecule has 0 saturated carbocycles. The first-order valence-electron chi connectivity index (χ1n) is 5.63. The summed E-state index contributed by atoms with van der Waals surface area (Å²) in [5, 5.41) is 6.44. The number of nitrogens with zero attached hydrogens (tertiary/aromatic N) is 1. The van der Waals surface area contributed by atoms with Gasteiger partial charge in [0.05, 0.1) is 18.8 Å². The lowest BCUT2D eigenvalue weighted by Crippen LogP contribution is -2.30. The summed E-state index contributed by atoms with van der Waals surface area (Å²) in [6.07, 6.45) is 0.893. The molecule has 7 heteroatoms. The highest BCUT2D eigenvalue weighted by molar-refractivity contribution is 7.15. The van der Waals surface area contributed by atoms with Gasteiger partial charge in [0.2, 0.25) is 5.91 Å². The lowest BCUT2D eigenvalue weighted by atomic mass is 10.3. The van der Waals surface area contributed by atoms with Crippen molar-refractivity contribution in [3.8, 4) is 0 Å². The van der Waals surface area contributed by atoms with Gasteiger partial charge in [-0.2, -0.15) is 0 Å². The molecule has 2 N–H and O–H groups in total. The SMILES string of the molecule is CCc1nc(NC(=O)CNCCOC)sc1C.Cl. The van der Waals surface area contributed by atoms with Gasteiger partial charge in [0.1, 0.15) is 0 Å². The number of carbonyl (C=O) groups excluding carboxylic acids is 1. The molecule has 0 saturated heterocycles. The Bertz CT molecular complexity index is 371. The summed E-state index contributed by atoms with van der Waals surface area (Å²) < 4.78 is 4.87. The van der Waals surface area contributed by atoms with E-state index in [0.717, 1.165) is 17.0 Å². The van der Waals surface area contributed by atoms with Crippen LogP contribution in [0, 0.1) is 6.92 Å². The molecule has 0 aliphatic rings. The Labute approximate surface area is 118 Å². The number of thiazole rings is 1. The summed E-state index contributed by atoms with van der Waals surface area (Å²) in [5.74, 6) is -0.0718. The third-order valence-electron chi connectivity index (χ3n) is 2.24. The van der Waals surface area contributed by atoms with Crippen molar-refractivity contribution in [2.24, 2.45) is 0 Å². The van der Waals surface area contributed by atoms with E-state index in [1.165, 1.54) is 11.3 Å². The van der Waals surface area contributed by atoms with Gasteiger partial charge in [0.15, 0.2) is 5.13 Å². The first-order chi connectivity index (χ1) is 8.17. The third-order valence-corrected chi connectivity index (χ3v) is 3.17. The number of aryl methyl sites for hydroxylation is 2. The standard InChI is InChI=1S/C11H19N3O2S.ClH/c1-4-9-8(2)17-11(13-9)14-10(15)7-12-5-6-16-3;/h12H,4-7H2,1-3H3,(H,13,14,15);1H. The fourth-order valence-corrected chi connectivity index (χ4v) is 2.27. The second-order valence-corrected chi connectivity index (χ2v) is 4.80. The molecule has 104 valence electrons. The number of anilines is 1. The maximum Gasteiger partial charge on any atom is 0.240 e. The average Bonchev–Trinajstić information content (AvgIpc) is 2.65. The van der Waals surface area contributed by atoms with Crippen LogP contribution in [0.2, 0.25) is 0 Å². The molecule has 0 radical (unpaired) electrons. The molecule has 18 heavy (non-hydrogen) atoms. The molecule has 0 aromatic carbocycles. The van der Waals surface area contributed by atoms with Crippen LogP contribution in [0.4, 0.5) is 5.13 Å². The molecule has 1 rings (SSSR count). The molecule has 0 atom stereocenters. The summed E-state index contributed by atoms with van der Waals surface area (Å²) in [4.78, 5) is 17.0. The lowest BCUT2D eigenvalue weighted by Gasteiger charge is -2.03. The summed E-state index contributed by atoms with van der Waals surface area (Å²) in [6, 6.07) is 0. The summed E-state index contributed by atoms with van der Waals surface area (Å²) in [6.45, 7) is 5.62. The van der Waals surface area contributed by atoms with E-state index in [1.807, 2.05) is 6.92 Å². The summed E-state index contributed by atoms with van der Waals surface area (Å²) in [5.41, 5.74) is 1.05. The molecule has 1 amide bonds. The van der Waals surface area contributed by atoms with E-state index in [0.29, 0.717) is 18.3 Å². The molecule has 1 heterocycles. The Hall–Kier alpha value is -0.690. The largest absolute Gasteiger partial charge is 0.383 e. The van der Waals surface area contributed by atoms with Gasteiger partial charge < -0.3 is 15.4 Å². The number of hydrogen-bond acceptors (Lipinski definition) is 5. The first kappa shape index (κ1) is 17.3. The maximum absolute atomic E-state index is 11.5. The van der Waals surface area contributed by atoms with Crippen LogP contribution in [-0.4, -0.2) is 37.7 Å². The van der Waals surface area contributed by atoms with Crippen LogP contribution >= 0.6 is 23.7 Å². The Balaban J connectivity index is 0.00000289. The van der Waals surface area contributed by atoms with Crippen molar-refractivity contribution in [2.45, 2.75) is 20.3 Å². The molecular formula is C11H20ClN3O2S. The molecule has 0 bridgehead atoms. The minimum Gasteiger partial charge on any atom is -0.383 e. The second-order valence-electron chi connectivity index (χ2n) is 3.59. The highest BCUT2D eigenvalue weighted by Crippen LogP contribution is 2.21. The minimum atomic E-state index is -0.0718. The summed E-state index contributed by atoms with van der Waals surface area (Å²) in [7, 11) is 1.63. The Morgan fingerprint density at radius 3 is 2.78 bits per heavy atom. The number of carbonyl (C=O) groups is 1. The molecule has 5 nitrogen and oxygen atoms in total. The molecule has 0 fully saturated rings. The van der Waals surface area contributed by atoms with Gasteiger partial charge in [-0.05, 0) is 13.3 Å². The zero-order valence-corrected chi connectivity index (χ0v) is 12.5. The average molecular weight is 294 g/mol. The number of halogens is 1. The monoisotopic (exact) mass is 293 g/mol. The zero-order valence-electron chi connectivity index (χ0n) is 10.9. The fourth-order valence-electron chi connectivity index (χ4n) is 1.35. The molecule has 0 aliphatic carbocycles. The number of rotatable bonds is 7. The molecule has 1 aromatic heterocycles. The van der Waals surface area contributed by atoms with Crippen molar-refractivity contribution in [3.63, 3.8) is 0 Å². The highest BCUT2D eigenvalue weighted by Gasteiger charge is 2.08. The number of ether oxygens (including phenoxy) is 1. The summed E-state index contributed by atoms with van der Waals surface area (Å²) >= 11 is 1.52. The quantitative estimate of drug-likeness (QED) is 0.750. The van der Waals surface area contributed by atoms with Crippen molar-refractivity contribution < 1.29 is 9.53 Å². The van der Waals surface area contributed by atoms with E-state index < -0.39 is 0 Å². The van der Waals surface area contributed by atoms with Gasteiger partial charge in [-0.1, -0.05) is 6.92 Å². The Kier molecular flexibility index (Phi) is 8.91. The van der Waals surface area contributed by atoms with Crippen molar-refractivity contribution in [1.82, 2.24) is 10.3 Å². The molecule has 0 spiro atoms. The van der Waals surface area contributed by atoms with Gasteiger partial charge >= 0.3 is 0 Å². The molecule has 0 aliphatic heterocycles. The third kappa shape index (κ3) is 5.77. The van der Waals surface area contributed by atoms with E-state index >= 15 is 0 Å². The number of nitrogens with one attached hydrogen (secondary N) is 2.